The molecule has 132 valence electrons. The maximum Gasteiger partial charge on any atom is 0.310 e. The first-order valence-corrected chi connectivity index (χ1v) is 7.81. The highest BCUT2D eigenvalue weighted by Crippen LogP contribution is 2.23. The summed E-state index contributed by atoms with van der Waals surface area (Å²) in [5.74, 6) is -1.31. The van der Waals surface area contributed by atoms with E-state index in [1.165, 1.54) is 19.2 Å². The van der Waals surface area contributed by atoms with Gasteiger partial charge >= 0.3 is 5.97 Å². The average Bonchev–Trinajstić information content (AvgIpc) is 2.56. The molecule has 0 aliphatic heterocycles. The van der Waals surface area contributed by atoms with Crippen LogP contribution in [0.2, 0.25) is 5.02 Å². The number of amides is 1. The molecular weight excluding hydrogens is 349 g/mol. The molecule has 0 radical (unpaired) electrons. The molecule has 0 heterocycles. The predicted octanol–water partition coefficient (Wildman–Crippen LogP) is 3.52. The number of hydrogen-bond donors (Lipinski definition) is 1. The fourth-order valence-corrected chi connectivity index (χ4v) is 2.34. The number of ether oxygens (including phenoxy) is 2. The lowest BCUT2D eigenvalue weighted by Crippen LogP contribution is -2.22. The van der Waals surface area contributed by atoms with Gasteiger partial charge in [0.2, 0.25) is 0 Å². The van der Waals surface area contributed by atoms with Gasteiger partial charge in [0.25, 0.3) is 5.91 Å². The van der Waals surface area contributed by atoms with Crippen molar-refractivity contribution in [3.63, 3.8) is 0 Å². The summed E-state index contributed by atoms with van der Waals surface area (Å²) in [6.07, 6.45) is -0.101. The number of nitrogens with one attached hydrogen (secondary N) is 1. The van der Waals surface area contributed by atoms with Gasteiger partial charge in [0.15, 0.2) is 6.61 Å². The zero-order valence-corrected chi connectivity index (χ0v) is 14.5. The normalized spacial score (nSPS) is 10.2. The number of rotatable bonds is 6. The third-order valence-electron chi connectivity index (χ3n) is 3.34. The molecule has 0 bridgehead atoms. The third-order valence-corrected chi connectivity index (χ3v) is 3.58. The molecule has 0 spiro atoms. The van der Waals surface area contributed by atoms with Crippen molar-refractivity contribution in [2.24, 2.45) is 0 Å². The van der Waals surface area contributed by atoms with Crippen LogP contribution in [0.1, 0.15) is 11.1 Å². The van der Waals surface area contributed by atoms with Crippen molar-refractivity contribution >= 4 is 29.2 Å². The fraction of sp³-hybridized carbons (Fsp3) is 0.222. The van der Waals surface area contributed by atoms with Gasteiger partial charge in [0.05, 0.1) is 19.2 Å². The van der Waals surface area contributed by atoms with E-state index in [2.05, 4.69) is 5.32 Å². The Morgan fingerprint density at radius 1 is 1.20 bits per heavy atom. The number of anilines is 1. The summed E-state index contributed by atoms with van der Waals surface area (Å²) in [7, 11) is 1.47. The first kappa shape index (κ1) is 18.7. The van der Waals surface area contributed by atoms with Crippen molar-refractivity contribution < 1.29 is 23.5 Å². The Kier molecular flexibility index (Phi) is 6.36. The molecule has 1 N–H and O–H groups in total. The highest BCUT2D eigenvalue weighted by Gasteiger charge is 2.13. The van der Waals surface area contributed by atoms with Crippen LogP contribution in [0.15, 0.2) is 36.4 Å². The topological polar surface area (TPSA) is 64.6 Å². The molecule has 0 aliphatic carbocycles. The molecule has 2 aromatic carbocycles. The smallest absolute Gasteiger partial charge is 0.310 e. The molecule has 2 aromatic rings. The summed E-state index contributed by atoms with van der Waals surface area (Å²) >= 11 is 5.89. The summed E-state index contributed by atoms with van der Waals surface area (Å²) in [5.41, 5.74) is 1.31. The molecule has 0 aliphatic rings. The Bertz CT molecular complexity index is 795. The third kappa shape index (κ3) is 5.46. The van der Waals surface area contributed by atoms with Gasteiger partial charge in [-0.05, 0) is 42.8 Å². The largest absolute Gasteiger partial charge is 0.496 e. The minimum atomic E-state index is -0.630. The van der Waals surface area contributed by atoms with Gasteiger partial charge in [-0.1, -0.05) is 17.7 Å². The highest BCUT2D eigenvalue weighted by atomic mass is 35.5. The van der Waals surface area contributed by atoms with E-state index in [1.807, 2.05) is 0 Å². The number of benzene rings is 2. The zero-order chi connectivity index (χ0) is 18.4. The highest BCUT2D eigenvalue weighted by molar-refractivity contribution is 6.30. The maximum atomic E-state index is 13.7. The number of methoxy groups -OCH3 is 1. The minimum Gasteiger partial charge on any atom is -0.496 e. The first-order chi connectivity index (χ1) is 11.9. The summed E-state index contributed by atoms with van der Waals surface area (Å²) in [6, 6.07) is 9.27. The molecule has 2 rings (SSSR count). The van der Waals surface area contributed by atoms with E-state index in [9.17, 15) is 14.0 Å². The van der Waals surface area contributed by atoms with E-state index < -0.39 is 24.3 Å². The van der Waals surface area contributed by atoms with Gasteiger partial charge in [0.1, 0.15) is 11.6 Å². The lowest BCUT2D eigenvalue weighted by Gasteiger charge is -2.10. The van der Waals surface area contributed by atoms with Crippen LogP contribution in [-0.4, -0.2) is 25.6 Å². The summed E-state index contributed by atoms with van der Waals surface area (Å²) < 4.78 is 23.7. The van der Waals surface area contributed by atoms with Crippen LogP contribution in [-0.2, 0) is 20.7 Å². The maximum absolute atomic E-state index is 13.7. The zero-order valence-electron chi connectivity index (χ0n) is 13.8. The van der Waals surface area contributed by atoms with Gasteiger partial charge in [-0.3, -0.25) is 9.59 Å². The van der Waals surface area contributed by atoms with E-state index in [-0.39, 0.29) is 12.1 Å². The van der Waals surface area contributed by atoms with Crippen LogP contribution in [0, 0.1) is 12.7 Å². The quantitative estimate of drug-likeness (QED) is 0.795. The molecule has 0 saturated carbocycles. The first-order valence-electron chi connectivity index (χ1n) is 7.43. The number of carbonyl (C=O) groups is 2. The molecule has 7 heteroatoms. The fourth-order valence-electron chi connectivity index (χ4n) is 2.15. The molecule has 0 fully saturated rings. The van der Waals surface area contributed by atoms with Crippen molar-refractivity contribution in [1.82, 2.24) is 0 Å². The van der Waals surface area contributed by atoms with Crippen molar-refractivity contribution in [3.05, 3.63) is 58.4 Å². The SMILES string of the molecule is COc1ccc(Cl)cc1CC(=O)OCC(=O)Nc1ccc(C)cc1F. The van der Waals surface area contributed by atoms with Crippen molar-refractivity contribution in [3.8, 4) is 5.75 Å². The van der Waals surface area contributed by atoms with Crippen LogP contribution in [0.4, 0.5) is 10.1 Å². The Hall–Kier alpha value is -2.60. The van der Waals surface area contributed by atoms with E-state index in [0.717, 1.165) is 5.56 Å². The lowest BCUT2D eigenvalue weighted by molar-refractivity contribution is -0.146. The van der Waals surface area contributed by atoms with Crippen LogP contribution >= 0.6 is 11.6 Å². The molecule has 0 aromatic heterocycles. The molecule has 1 amide bonds. The van der Waals surface area contributed by atoms with Crippen LogP contribution in [0.3, 0.4) is 0 Å². The Labute approximate surface area is 149 Å². The van der Waals surface area contributed by atoms with Crippen LogP contribution in [0.5, 0.6) is 5.75 Å². The summed E-state index contributed by atoms with van der Waals surface area (Å²) in [4.78, 5) is 23.7. The monoisotopic (exact) mass is 365 g/mol. The Morgan fingerprint density at radius 2 is 1.96 bits per heavy atom. The summed E-state index contributed by atoms with van der Waals surface area (Å²) in [5, 5.41) is 2.81. The standard InChI is InChI=1S/C18H17ClFNO4/c1-11-3-5-15(14(20)7-11)21-17(22)10-25-18(23)9-12-8-13(19)4-6-16(12)24-2/h3-8H,9-10H2,1-2H3,(H,21,22). The number of carbonyl (C=O) groups excluding carboxylic acids is 2. The number of esters is 1. The molecule has 5 nitrogen and oxygen atoms in total. The molecular formula is C18H17ClFNO4. The van der Waals surface area contributed by atoms with Crippen molar-refractivity contribution in [2.45, 2.75) is 13.3 Å². The van der Waals surface area contributed by atoms with Crippen LogP contribution in [0.25, 0.3) is 0 Å². The Morgan fingerprint density at radius 3 is 2.64 bits per heavy atom. The number of halogens is 2. The molecule has 0 saturated heterocycles. The van der Waals surface area contributed by atoms with Gasteiger partial charge in [0, 0.05) is 10.6 Å². The van der Waals surface area contributed by atoms with E-state index in [4.69, 9.17) is 21.1 Å². The van der Waals surface area contributed by atoms with E-state index >= 15 is 0 Å². The van der Waals surface area contributed by atoms with Crippen molar-refractivity contribution in [2.75, 3.05) is 19.0 Å². The van der Waals surface area contributed by atoms with Gasteiger partial charge in [-0.15, -0.1) is 0 Å². The summed E-state index contributed by atoms with van der Waals surface area (Å²) in [6.45, 7) is 1.22. The van der Waals surface area contributed by atoms with Gasteiger partial charge < -0.3 is 14.8 Å². The van der Waals surface area contributed by atoms with Crippen molar-refractivity contribution in [1.29, 1.82) is 0 Å². The lowest BCUT2D eigenvalue weighted by atomic mass is 10.1. The minimum absolute atomic E-state index is 0.0307. The second kappa shape index (κ2) is 8.48. The van der Waals surface area contributed by atoms with E-state index in [0.29, 0.717) is 16.3 Å². The van der Waals surface area contributed by atoms with Gasteiger partial charge in [-0.25, -0.2) is 4.39 Å². The predicted molar refractivity (Wildman–Crippen MR) is 92.4 cm³/mol. The molecule has 25 heavy (non-hydrogen) atoms. The van der Waals surface area contributed by atoms with E-state index in [1.54, 1.807) is 31.2 Å². The second-order valence-corrected chi connectivity index (χ2v) is 5.76. The average molecular weight is 366 g/mol. The second-order valence-electron chi connectivity index (χ2n) is 5.33. The van der Waals surface area contributed by atoms with Crippen LogP contribution < -0.4 is 10.1 Å². The molecule has 0 atom stereocenters. The molecule has 0 unspecified atom stereocenters. The number of hydrogen-bond acceptors (Lipinski definition) is 4. The van der Waals surface area contributed by atoms with Gasteiger partial charge in [-0.2, -0.15) is 0 Å². The Balaban J connectivity index is 1.89. The number of aryl methyl sites for hydroxylation is 1.